The van der Waals surface area contributed by atoms with E-state index >= 15 is 0 Å². The van der Waals surface area contributed by atoms with Crippen LogP contribution in [0, 0.1) is 16.7 Å². The van der Waals surface area contributed by atoms with Gasteiger partial charge in [0.25, 0.3) is 0 Å². The number of thiazole rings is 1. The Hall–Kier alpha value is -1.95. The number of carbonyl (C=O) groups excluding carboxylic acids is 1. The smallest absolute Gasteiger partial charge is 0.309 e. The molecule has 0 radical (unpaired) electrons. The average molecular weight is 332 g/mol. The third kappa shape index (κ3) is 2.41. The number of rotatable bonds is 3. The van der Waals surface area contributed by atoms with Gasteiger partial charge in [-0.25, -0.2) is 4.98 Å². The van der Waals surface area contributed by atoms with Gasteiger partial charge < -0.3 is 10.4 Å². The molecule has 0 aliphatic heterocycles. The summed E-state index contributed by atoms with van der Waals surface area (Å²) in [5.74, 6) is -1.31. The highest BCUT2D eigenvalue weighted by Crippen LogP contribution is 2.56. The Morgan fingerprint density at radius 1 is 1.30 bits per heavy atom. The van der Waals surface area contributed by atoms with Gasteiger partial charge in [-0.15, -0.1) is 0 Å². The summed E-state index contributed by atoms with van der Waals surface area (Å²) >= 11 is 1.43. The topological polar surface area (TPSA) is 79.3 Å². The fraction of sp³-hybridized carbons (Fsp3) is 0.471. The minimum Gasteiger partial charge on any atom is -0.481 e. The Labute approximate surface area is 138 Å². The monoisotopic (exact) mass is 332 g/mol. The molecule has 3 rings (SSSR count). The SMILES string of the molecule is CC1(C(=O)O)CCC(C(=O)Nc2nc3ccccc3s2)C1(C)C. The molecule has 1 amide bonds. The van der Waals surface area contributed by atoms with E-state index in [1.165, 1.54) is 11.3 Å². The number of carboxylic acid groups (broad SMARTS) is 1. The summed E-state index contributed by atoms with van der Waals surface area (Å²) in [6, 6.07) is 7.71. The third-order valence-electron chi connectivity index (χ3n) is 5.54. The Balaban J connectivity index is 1.82. The fourth-order valence-electron chi connectivity index (χ4n) is 3.46. The Morgan fingerprint density at radius 3 is 2.61 bits per heavy atom. The first-order valence-electron chi connectivity index (χ1n) is 7.65. The summed E-state index contributed by atoms with van der Waals surface area (Å²) in [4.78, 5) is 28.7. The van der Waals surface area contributed by atoms with Crippen molar-refractivity contribution in [2.24, 2.45) is 16.7 Å². The van der Waals surface area contributed by atoms with Gasteiger partial charge in [0.05, 0.1) is 15.6 Å². The lowest BCUT2D eigenvalue weighted by atomic mass is 9.65. The number of amides is 1. The van der Waals surface area contributed by atoms with E-state index in [4.69, 9.17) is 0 Å². The molecule has 1 heterocycles. The molecule has 2 N–H and O–H groups in total. The van der Waals surface area contributed by atoms with E-state index in [0.29, 0.717) is 18.0 Å². The summed E-state index contributed by atoms with van der Waals surface area (Å²) in [5.41, 5.74) is -0.642. The molecule has 5 nitrogen and oxygen atoms in total. The van der Waals surface area contributed by atoms with Crippen LogP contribution in [-0.2, 0) is 9.59 Å². The lowest BCUT2D eigenvalue weighted by Gasteiger charge is -2.37. The van der Waals surface area contributed by atoms with Crippen molar-refractivity contribution in [1.82, 2.24) is 4.98 Å². The van der Waals surface area contributed by atoms with E-state index in [0.717, 1.165) is 10.2 Å². The van der Waals surface area contributed by atoms with E-state index in [1.807, 2.05) is 38.1 Å². The van der Waals surface area contributed by atoms with Crippen LogP contribution in [0.3, 0.4) is 0 Å². The highest BCUT2D eigenvalue weighted by Gasteiger charge is 2.58. The zero-order valence-electron chi connectivity index (χ0n) is 13.4. The van der Waals surface area contributed by atoms with Crippen molar-refractivity contribution in [3.05, 3.63) is 24.3 Å². The van der Waals surface area contributed by atoms with Crippen LogP contribution >= 0.6 is 11.3 Å². The van der Waals surface area contributed by atoms with Crippen LogP contribution in [0.15, 0.2) is 24.3 Å². The maximum atomic E-state index is 12.7. The first kappa shape index (κ1) is 15.9. The van der Waals surface area contributed by atoms with Crippen molar-refractivity contribution in [2.45, 2.75) is 33.6 Å². The zero-order chi connectivity index (χ0) is 16.8. The van der Waals surface area contributed by atoms with Crippen molar-refractivity contribution in [2.75, 3.05) is 5.32 Å². The molecular formula is C17H20N2O3S. The van der Waals surface area contributed by atoms with Gasteiger partial charge in [0, 0.05) is 5.92 Å². The summed E-state index contributed by atoms with van der Waals surface area (Å²) < 4.78 is 1.02. The van der Waals surface area contributed by atoms with Crippen molar-refractivity contribution in [1.29, 1.82) is 0 Å². The van der Waals surface area contributed by atoms with Crippen molar-refractivity contribution in [3.8, 4) is 0 Å². The van der Waals surface area contributed by atoms with Gasteiger partial charge in [-0.1, -0.05) is 37.3 Å². The number of aliphatic carboxylic acids is 1. The average Bonchev–Trinajstić information content (AvgIpc) is 2.98. The quantitative estimate of drug-likeness (QED) is 0.897. The molecule has 1 saturated carbocycles. The summed E-state index contributed by atoms with van der Waals surface area (Å²) in [5, 5.41) is 13.0. The van der Waals surface area contributed by atoms with Gasteiger partial charge in [-0.2, -0.15) is 0 Å². The van der Waals surface area contributed by atoms with Crippen LogP contribution in [-0.4, -0.2) is 22.0 Å². The standard InChI is InChI=1S/C17H20N2O3S/c1-16(2)10(8-9-17(16,3)14(21)22)13(20)19-15-18-11-6-4-5-7-12(11)23-15/h4-7,10H,8-9H2,1-3H3,(H,21,22)(H,18,19,20). The van der Waals surface area contributed by atoms with Crippen molar-refractivity contribution in [3.63, 3.8) is 0 Å². The van der Waals surface area contributed by atoms with E-state index in [1.54, 1.807) is 6.92 Å². The predicted molar refractivity (Wildman–Crippen MR) is 90.5 cm³/mol. The van der Waals surface area contributed by atoms with Gasteiger partial charge in [0.15, 0.2) is 5.13 Å². The van der Waals surface area contributed by atoms with E-state index in [-0.39, 0.29) is 11.8 Å². The molecule has 0 bridgehead atoms. The normalized spacial score (nSPS) is 26.3. The molecular weight excluding hydrogens is 312 g/mol. The molecule has 1 aromatic carbocycles. The second kappa shape index (κ2) is 5.30. The van der Waals surface area contributed by atoms with Gasteiger partial charge in [-0.3, -0.25) is 9.59 Å². The maximum Gasteiger partial charge on any atom is 0.309 e. The van der Waals surface area contributed by atoms with Gasteiger partial charge in [-0.05, 0) is 37.3 Å². The molecule has 1 aliphatic rings. The highest BCUT2D eigenvalue weighted by atomic mass is 32.1. The summed E-state index contributed by atoms with van der Waals surface area (Å²) in [7, 11) is 0. The van der Waals surface area contributed by atoms with Crippen LogP contribution in [0.2, 0.25) is 0 Å². The number of carbonyl (C=O) groups is 2. The summed E-state index contributed by atoms with van der Waals surface area (Å²) in [6.07, 6.45) is 1.08. The number of benzene rings is 1. The maximum absolute atomic E-state index is 12.7. The molecule has 1 fully saturated rings. The second-order valence-corrected chi connectivity index (χ2v) is 7.96. The van der Waals surface area contributed by atoms with Crippen molar-refractivity contribution >= 4 is 38.6 Å². The van der Waals surface area contributed by atoms with Crippen LogP contribution in [0.1, 0.15) is 33.6 Å². The highest BCUT2D eigenvalue weighted by molar-refractivity contribution is 7.22. The Bertz CT molecular complexity index is 750. The lowest BCUT2D eigenvalue weighted by molar-refractivity contribution is -0.154. The van der Waals surface area contributed by atoms with Gasteiger partial charge in [0.2, 0.25) is 5.91 Å². The molecule has 23 heavy (non-hydrogen) atoms. The Kier molecular flexibility index (Phi) is 3.67. The Morgan fingerprint density at radius 2 is 2.00 bits per heavy atom. The first-order valence-corrected chi connectivity index (χ1v) is 8.47. The predicted octanol–water partition coefficient (Wildman–Crippen LogP) is 3.76. The number of hydrogen-bond acceptors (Lipinski definition) is 4. The molecule has 0 spiro atoms. The molecule has 6 heteroatoms. The molecule has 1 aromatic heterocycles. The van der Waals surface area contributed by atoms with Gasteiger partial charge >= 0.3 is 5.97 Å². The van der Waals surface area contributed by atoms with Crippen molar-refractivity contribution < 1.29 is 14.7 Å². The van der Waals surface area contributed by atoms with E-state index in [9.17, 15) is 14.7 Å². The van der Waals surface area contributed by atoms with Crippen LogP contribution in [0.5, 0.6) is 0 Å². The molecule has 0 saturated heterocycles. The molecule has 2 atom stereocenters. The number of hydrogen-bond donors (Lipinski definition) is 2. The number of anilines is 1. The van der Waals surface area contributed by atoms with E-state index < -0.39 is 16.8 Å². The third-order valence-corrected chi connectivity index (χ3v) is 6.49. The second-order valence-electron chi connectivity index (χ2n) is 6.93. The van der Waals surface area contributed by atoms with Crippen LogP contribution in [0.25, 0.3) is 10.2 Å². The first-order chi connectivity index (χ1) is 10.8. The number of fused-ring (bicyclic) bond motifs is 1. The minimum atomic E-state index is -0.886. The lowest BCUT2D eigenvalue weighted by Crippen LogP contribution is -2.43. The largest absolute Gasteiger partial charge is 0.481 e. The summed E-state index contributed by atoms with van der Waals surface area (Å²) in [6.45, 7) is 5.48. The van der Waals surface area contributed by atoms with E-state index in [2.05, 4.69) is 10.3 Å². The van der Waals surface area contributed by atoms with Crippen LogP contribution in [0.4, 0.5) is 5.13 Å². The molecule has 1 aliphatic carbocycles. The number of aromatic nitrogens is 1. The number of nitrogens with zero attached hydrogens (tertiary/aromatic N) is 1. The van der Waals surface area contributed by atoms with Gasteiger partial charge in [0.1, 0.15) is 0 Å². The van der Waals surface area contributed by atoms with Crippen LogP contribution < -0.4 is 5.32 Å². The number of para-hydroxylation sites is 1. The molecule has 2 aromatic rings. The minimum absolute atomic E-state index is 0.140. The fourth-order valence-corrected chi connectivity index (χ4v) is 4.33. The number of nitrogens with one attached hydrogen (secondary N) is 1. The molecule has 122 valence electrons. The molecule has 2 unspecified atom stereocenters. The number of carboxylic acids is 1. The zero-order valence-corrected chi connectivity index (χ0v) is 14.2.